The number of halogens is 1. The van der Waals surface area contributed by atoms with Crippen molar-refractivity contribution in [1.29, 1.82) is 0 Å². The first-order valence-corrected chi connectivity index (χ1v) is 9.96. The second kappa shape index (κ2) is 8.90. The molecule has 0 saturated carbocycles. The molecule has 3 atom stereocenters. The van der Waals surface area contributed by atoms with Gasteiger partial charge in [-0.15, -0.1) is 0 Å². The summed E-state index contributed by atoms with van der Waals surface area (Å²) in [6.07, 6.45) is 0.919. The molecule has 2 aromatic carbocycles. The van der Waals surface area contributed by atoms with Crippen molar-refractivity contribution in [2.75, 3.05) is 14.2 Å². The number of aliphatic hydroxyl groups is 1. The third-order valence-corrected chi connectivity index (χ3v) is 6.52. The van der Waals surface area contributed by atoms with Gasteiger partial charge in [0.25, 0.3) is 0 Å². The summed E-state index contributed by atoms with van der Waals surface area (Å²) in [5, 5.41) is 21.3. The summed E-state index contributed by atoms with van der Waals surface area (Å²) in [7, 11) is 3.29. The van der Waals surface area contributed by atoms with Crippen molar-refractivity contribution in [3.63, 3.8) is 0 Å². The molecule has 27 heavy (non-hydrogen) atoms. The van der Waals surface area contributed by atoms with E-state index in [1.807, 2.05) is 6.07 Å². The largest absolute Gasteiger partial charge is 0.504 e. The van der Waals surface area contributed by atoms with Crippen LogP contribution in [0.4, 0.5) is 4.39 Å². The third kappa shape index (κ3) is 4.72. The second-order valence-corrected chi connectivity index (χ2v) is 8.73. The summed E-state index contributed by atoms with van der Waals surface area (Å²) < 4.78 is 24.4. The lowest BCUT2D eigenvalue weighted by molar-refractivity contribution is 0.200. The van der Waals surface area contributed by atoms with Gasteiger partial charge in [-0.25, -0.2) is 4.39 Å². The van der Waals surface area contributed by atoms with Crippen molar-refractivity contribution in [3.8, 4) is 17.2 Å². The van der Waals surface area contributed by atoms with Crippen molar-refractivity contribution in [1.82, 2.24) is 0 Å². The number of ether oxygens (including phenoxy) is 2. The number of phenolic OH excluding ortho intramolecular Hbond substituents is 1. The van der Waals surface area contributed by atoms with Gasteiger partial charge in [-0.3, -0.25) is 0 Å². The molecule has 6 heteroatoms. The van der Waals surface area contributed by atoms with E-state index >= 15 is 0 Å². The van der Waals surface area contributed by atoms with E-state index in [4.69, 9.17) is 9.47 Å². The van der Waals surface area contributed by atoms with E-state index in [2.05, 4.69) is 13.8 Å². The molecular weight excluding hydrogens is 366 g/mol. The van der Waals surface area contributed by atoms with Crippen molar-refractivity contribution in [2.45, 2.75) is 44.9 Å². The summed E-state index contributed by atoms with van der Waals surface area (Å²) >= 11 is 0. The SMILES string of the molecule is CCCC(C)(Pc1ccc(F)cc1C(C)O)c1cc(OC)cc(OC)c1O. The van der Waals surface area contributed by atoms with Gasteiger partial charge in [-0.1, -0.05) is 34.9 Å². The molecule has 0 saturated heterocycles. The van der Waals surface area contributed by atoms with Gasteiger partial charge >= 0.3 is 0 Å². The van der Waals surface area contributed by atoms with Gasteiger partial charge in [0, 0.05) is 16.8 Å². The van der Waals surface area contributed by atoms with Crippen LogP contribution in [0.2, 0.25) is 0 Å². The van der Waals surface area contributed by atoms with E-state index in [1.54, 1.807) is 26.2 Å². The molecule has 2 rings (SSSR count). The number of aromatic hydroxyl groups is 1. The van der Waals surface area contributed by atoms with Crippen LogP contribution >= 0.6 is 8.58 Å². The lowest BCUT2D eigenvalue weighted by Crippen LogP contribution is -2.22. The molecule has 0 heterocycles. The quantitative estimate of drug-likeness (QED) is 0.642. The van der Waals surface area contributed by atoms with Crippen LogP contribution in [0.15, 0.2) is 30.3 Å². The molecule has 0 spiro atoms. The minimum Gasteiger partial charge on any atom is -0.504 e. The molecular formula is C21H28FO4P. The predicted molar refractivity (Wildman–Crippen MR) is 108 cm³/mol. The number of methoxy groups -OCH3 is 2. The predicted octanol–water partition coefficient (Wildman–Crippen LogP) is 4.62. The average molecular weight is 394 g/mol. The highest BCUT2D eigenvalue weighted by Crippen LogP contribution is 2.51. The molecule has 4 nitrogen and oxygen atoms in total. The molecule has 0 aliphatic heterocycles. The fraction of sp³-hybridized carbons (Fsp3) is 0.429. The first-order chi connectivity index (χ1) is 12.8. The molecule has 0 bridgehead atoms. The zero-order chi connectivity index (χ0) is 20.2. The highest BCUT2D eigenvalue weighted by Gasteiger charge is 2.32. The van der Waals surface area contributed by atoms with Crippen LogP contribution < -0.4 is 14.8 Å². The Hall–Kier alpha value is -1.84. The van der Waals surface area contributed by atoms with E-state index in [0.29, 0.717) is 17.1 Å². The smallest absolute Gasteiger partial charge is 0.164 e. The number of aliphatic hydroxyl groups excluding tert-OH is 1. The van der Waals surface area contributed by atoms with Gasteiger partial charge in [0.1, 0.15) is 11.6 Å². The van der Waals surface area contributed by atoms with Crippen LogP contribution in [0.1, 0.15) is 50.8 Å². The van der Waals surface area contributed by atoms with E-state index in [1.165, 1.54) is 19.2 Å². The van der Waals surface area contributed by atoms with Crippen LogP contribution in [-0.4, -0.2) is 24.4 Å². The van der Waals surface area contributed by atoms with Gasteiger partial charge in [-0.05, 0) is 42.4 Å². The van der Waals surface area contributed by atoms with Gasteiger partial charge in [0.2, 0.25) is 0 Å². The lowest BCUT2D eigenvalue weighted by Gasteiger charge is -2.32. The fourth-order valence-corrected chi connectivity index (χ4v) is 5.22. The van der Waals surface area contributed by atoms with Gasteiger partial charge in [0.05, 0.1) is 20.3 Å². The molecule has 0 radical (unpaired) electrons. The zero-order valence-electron chi connectivity index (χ0n) is 16.5. The summed E-state index contributed by atoms with van der Waals surface area (Å²) in [5.41, 5.74) is 1.30. The molecule has 3 unspecified atom stereocenters. The number of benzene rings is 2. The van der Waals surface area contributed by atoms with Gasteiger partial charge in [0.15, 0.2) is 11.5 Å². The van der Waals surface area contributed by atoms with Crippen molar-refractivity contribution in [2.24, 2.45) is 0 Å². The standard InChI is InChI=1S/C21H28FO4P/c1-6-9-21(3,17-11-15(25-4)12-18(26-5)20(17)24)27-19-8-7-14(22)10-16(19)13(2)23/h7-8,10-13,23-24,27H,6,9H2,1-5H3. The minimum absolute atomic E-state index is 0.0856. The van der Waals surface area contributed by atoms with E-state index < -0.39 is 11.3 Å². The summed E-state index contributed by atoms with van der Waals surface area (Å²) in [4.78, 5) is 0. The zero-order valence-corrected chi connectivity index (χ0v) is 17.5. The maximum atomic E-state index is 13.7. The summed E-state index contributed by atoms with van der Waals surface area (Å²) in [6.45, 7) is 5.78. The number of hydrogen-bond acceptors (Lipinski definition) is 4. The Kier molecular flexibility index (Phi) is 7.07. The maximum absolute atomic E-state index is 13.7. The Balaban J connectivity index is 2.60. The topological polar surface area (TPSA) is 58.9 Å². The third-order valence-electron chi connectivity index (χ3n) is 4.72. The fourth-order valence-electron chi connectivity index (χ4n) is 3.33. The summed E-state index contributed by atoms with van der Waals surface area (Å²) in [5.74, 6) is 0.665. The van der Waals surface area contributed by atoms with Gasteiger partial charge in [-0.2, -0.15) is 0 Å². The second-order valence-electron chi connectivity index (χ2n) is 6.84. The normalized spacial score (nSPS) is 14.9. The Labute approximate surface area is 162 Å². The molecule has 2 N–H and O–H groups in total. The Morgan fingerprint density at radius 2 is 1.89 bits per heavy atom. The van der Waals surface area contributed by atoms with Crippen molar-refractivity contribution < 1.29 is 24.1 Å². The van der Waals surface area contributed by atoms with Crippen molar-refractivity contribution >= 4 is 13.9 Å². The average Bonchev–Trinajstić information content (AvgIpc) is 2.63. The number of rotatable bonds is 8. The molecule has 0 amide bonds. The Morgan fingerprint density at radius 3 is 2.44 bits per heavy atom. The minimum atomic E-state index is -0.775. The molecule has 0 aliphatic rings. The van der Waals surface area contributed by atoms with Crippen LogP contribution in [-0.2, 0) is 5.16 Å². The molecule has 0 fully saturated rings. The van der Waals surface area contributed by atoms with Gasteiger partial charge < -0.3 is 19.7 Å². The van der Waals surface area contributed by atoms with Crippen LogP contribution in [0, 0.1) is 5.82 Å². The molecule has 0 aliphatic carbocycles. The highest BCUT2D eigenvalue weighted by atomic mass is 31.1. The first-order valence-electron chi connectivity index (χ1n) is 8.96. The van der Waals surface area contributed by atoms with Crippen molar-refractivity contribution in [3.05, 3.63) is 47.3 Å². The molecule has 148 valence electrons. The maximum Gasteiger partial charge on any atom is 0.164 e. The number of phenols is 1. The van der Waals surface area contributed by atoms with E-state index in [9.17, 15) is 14.6 Å². The van der Waals surface area contributed by atoms with E-state index in [0.717, 1.165) is 23.7 Å². The summed E-state index contributed by atoms with van der Waals surface area (Å²) in [6, 6.07) is 7.98. The monoisotopic (exact) mass is 394 g/mol. The van der Waals surface area contributed by atoms with Crippen LogP contribution in [0.3, 0.4) is 0 Å². The first kappa shape index (κ1) is 21.5. The Morgan fingerprint density at radius 1 is 1.19 bits per heavy atom. The highest BCUT2D eigenvalue weighted by molar-refractivity contribution is 7.48. The van der Waals surface area contributed by atoms with Crippen LogP contribution in [0.25, 0.3) is 0 Å². The lowest BCUT2D eigenvalue weighted by atomic mass is 9.93. The number of hydrogen-bond donors (Lipinski definition) is 2. The van der Waals surface area contributed by atoms with E-state index in [-0.39, 0.29) is 20.1 Å². The Bertz CT molecular complexity index is 794. The van der Waals surface area contributed by atoms with Crippen LogP contribution in [0.5, 0.6) is 17.2 Å². The molecule has 2 aromatic rings. The molecule has 0 aromatic heterocycles.